The molecule has 35 heavy (non-hydrogen) atoms. The van der Waals surface area contributed by atoms with Crippen LogP contribution >= 0.6 is 15.9 Å². The zero-order chi connectivity index (χ0) is 24.9. The molecule has 1 aliphatic heterocycles. The number of rotatable bonds is 6. The number of nitrogens with zero attached hydrogens (tertiary/aromatic N) is 2. The number of hydrogen-bond acceptors (Lipinski definition) is 5. The lowest BCUT2D eigenvalue weighted by Gasteiger charge is -2.36. The molecule has 2 amide bonds. The van der Waals surface area contributed by atoms with E-state index in [1.54, 1.807) is 44.6 Å². The number of methoxy groups -OCH3 is 2. The number of amides is 2. The van der Waals surface area contributed by atoms with Gasteiger partial charge in [0.2, 0.25) is 0 Å². The number of nitrogens with one attached hydrogen (secondary N) is 1. The molecule has 1 N–H and O–H groups in total. The Labute approximate surface area is 213 Å². The van der Waals surface area contributed by atoms with Gasteiger partial charge in [-0.3, -0.25) is 9.59 Å². The second-order valence-corrected chi connectivity index (χ2v) is 9.23. The Kier molecular flexibility index (Phi) is 7.60. The minimum absolute atomic E-state index is 0.0311. The lowest BCUT2D eigenvalue weighted by Crippen LogP contribution is -2.48. The van der Waals surface area contributed by atoms with E-state index >= 15 is 0 Å². The fraction of sp³-hybridized carbons (Fsp3) is 0.259. The van der Waals surface area contributed by atoms with Crippen LogP contribution in [0.15, 0.2) is 65.1 Å². The van der Waals surface area contributed by atoms with Crippen LogP contribution in [0.5, 0.6) is 11.5 Å². The van der Waals surface area contributed by atoms with Crippen LogP contribution in [0.4, 0.5) is 11.4 Å². The first kappa shape index (κ1) is 24.6. The van der Waals surface area contributed by atoms with Crippen LogP contribution in [0.2, 0.25) is 0 Å². The first-order chi connectivity index (χ1) is 16.9. The third kappa shape index (κ3) is 5.59. The normalized spacial score (nSPS) is 13.4. The van der Waals surface area contributed by atoms with E-state index in [1.165, 1.54) is 0 Å². The van der Waals surface area contributed by atoms with Gasteiger partial charge in [-0.15, -0.1) is 0 Å². The van der Waals surface area contributed by atoms with Crippen molar-refractivity contribution in [3.05, 3.63) is 81.8 Å². The summed E-state index contributed by atoms with van der Waals surface area (Å²) in [7, 11) is 3.17. The number of ether oxygens (including phenoxy) is 2. The number of aryl methyl sites for hydroxylation is 1. The largest absolute Gasteiger partial charge is 0.497 e. The summed E-state index contributed by atoms with van der Waals surface area (Å²) < 4.78 is 11.4. The Hall–Kier alpha value is -3.52. The Morgan fingerprint density at radius 2 is 1.54 bits per heavy atom. The smallest absolute Gasteiger partial charge is 0.259 e. The molecule has 182 valence electrons. The Balaban J connectivity index is 1.36. The summed E-state index contributed by atoms with van der Waals surface area (Å²) >= 11 is 3.45. The highest BCUT2D eigenvalue weighted by molar-refractivity contribution is 9.10. The van der Waals surface area contributed by atoms with E-state index in [4.69, 9.17) is 9.47 Å². The number of carbonyl (C=O) groups excluding carboxylic acids is 2. The van der Waals surface area contributed by atoms with Crippen LogP contribution < -0.4 is 19.7 Å². The summed E-state index contributed by atoms with van der Waals surface area (Å²) in [5, 5.41) is 2.95. The SMILES string of the molecule is COc1ccc(C(=O)N2CCN(c3ccc(NC(=O)c4cc(Br)cc(C)c4OC)cc3)CC2)cc1. The molecule has 0 radical (unpaired) electrons. The minimum Gasteiger partial charge on any atom is -0.497 e. The average Bonchev–Trinajstić information content (AvgIpc) is 2.88. The van der Waals surface area contributed by atoms with Crippen LogP contribution in [0.3, 0.4) is 0 Å². The summed E-state index contributed by atoms with van der Waals surface area (Å²) in [6.45, 7) is 4.67. The summed E-state index contributed by atoms with van der Waals surface area (Å²) in [5.41, 5.74) is 3.77. The number of halogens is 1. The third-order valence-electron chi connectivity index (χ3n) is 6.08. The maximum Gasteiger partial charge on any atom is 0.259 e. The predicted molar refractivity (Wildman–Crippen MR) is 141 cm³/mol. The van der Waals surface area contributed by atoms with E-state index in [0.29, 0.717) is 35.7 Å². The monoisotopic (exact) mass is 537 g/mol. The van der Waals surface area contributed by atoms with E-state index < -0.39 is 0 Å². The van der Waals surface area contributed by atoms with Gasteiger partial charge in [-0.05, 0) is 73.2 Å². The summed E-state index contributed by atoms with van der Waals surface area (Å²) in [6.07, 6.45) is 0. The molecule has 8 heteroatoms. The highest BCUT2D eigenvalue weighted by Gasteiger charge is 2.22. The molecule has 0 unspecified atom stereocenters. The predicted octanol–water partition coefficient (Wildman–Crippen LogP) is 4.99. The van der Waals surface area contributed by atoms with E-state index in [-0.39, 0.29) is 11.8 Å². The zero-order valence-corrected chi connectivity index (χ0v) is 21.6. The Bertz CT molecular complexity index is 1200. The molecule has 7 nitrogen and oxygen atoms in total. The first-order valence-electron chi connectivity index (χ1n) is 11.3. The van der Waals surface area contributed by atoms with E-state index in [9.17, 15) is 9.59 Å². The molecule has 0 aromatic heterocycles. The molecule has 0 saturated carbocycles. The fourth-order valence-corrected chi connectivity index (χ4v) is 4.78. The van der Waals surface area contributed by atoms with Crippen molar-refractivity contribution in [2.24, 2.45) is 0 Å². The van der Waals surface area contributed by atoms with Gasteiger partial charge < -0.3 is 24.6 Å². The quantitative estimate of drug-likeness (QED) is 0.479. The Morgan fingerprint density at radius 1 is 0.886 bits per heavy atom. The first-order valence-corrected chi connectivity index (χ1v) is 12.1. The van der Waals surface area contributed by atoms with E-state index in [2.05, 4.69) is 26.1 Å². The second kappa shape index (κ2) is 10.8. The molecule has 0 spiro atoms. The fourth-order valence-electron chi connectivity index (χ4n) is 4.21. The number of carbonyl (C=O) groups is 2. The molecule has 1 heterocycles. The van der Waals surface area contributed by atoms with Crippen molar-refractivity contribution < 1.29 is 19.1 Å². The van der Waals surface area contributed by atoms with Gasteiger partial charge in [0.1, 0.15) is 11.5 Å². The lowest BCUT2D eigenvalue weighted by atomic mass is 10.1. The standard InChI is InChI=1S/C27H28BrN3O4/c1-18-16-20(28)17-24(25(18)35-3)26(32)29-21-6-8-22(9-7-21)30-12-14-31(15-13-30)27(33)19-4-10-23(34-2)11-5-19/h4-11,16-17H,12-15H2,1-3H3,(H,29,32). The highest BCUT2D eigenvalue weighted by Crippen LogP contribution is 2.29. The van der Waals surface area contributed by atoms with Gasteiger partial charge in [0.25, 0.3) is 11.8 Å². The van der Waals surface area contributed by atoms with Crippen molar-refractivity contribution in [1.29, 1.82) is 0 Å². The molecule has 3 aromatic carbocycles. The van der Waals surface area contributed by atoms with Gasteiger partial charge in [-0.1, -0.05) is 15.9 Å². The Morgan fingerprint density at radius 3 is 2.14 bits per heavy atom. The van der Waals surface area contributed by atoms with Crippen LogP contribution in [0.1, 0.15) is 26.3 Å². The van der Waals surface area contributed by atoms with Crippen molar-refractivity contribution in [2.75, 3.05) is 50.6 Å². The molecule has 4 rings (SSSR count). The van der Waals surface area contributed by atoms with Gasteiger partial charge in [0.15, 0.2) is 0 Å². The van der Waals surface area contributed by atoms with E-state index in [1.807, 2.05) is 42.2 Å². The maximum absolute atomic E-state index is 12.9. The van der Waals surface area contributed by atoms with Crippen molar-refractivity contribution >= 4 is 39.1 Å². The van der Waals surface area contributed by atoms with Crippen LogP contribution in [0.25, 0.3) is 0 Å². The molecule has 0 atom stereocenters. The van der Waals surface area contributed by atoms with E-state index in [0.717, 1.165) is 34.6 Å². The molecule has 1 aliphatic rings. The third-order valence-corrected chi connectivity index (χ3v) is 6.54. The van der Waals surface area contributed by atoms with Gasteiger partial charge in [-0.2, -0.15) is 0 Å². The van der Waals surface area contributed by atoms with Crippen molar-refractivity contribution in [3.63, 3.8) is 0 Å². The summed E-state index contributed by atoms with van der Waals surface area (Å²) in [5.74, 6) is 1.09. The molecular formula is C27H28BrN3O4. The van der Waals surface area contributed by atoms with Gasteiger partial charge in [0, 0.05) is 47.6 Å². The number of benzene rings is 3. The average molecular weight is 538 g/mol. The zero-order valence-electron chi connectivity index (χ0n) is 20.0. The number of piperazine rings is 1. The molecule has 0 aliphatic carbocycles. The number of anilines is 2. The van der Waals surface area contributed by atoms with Crippen molar-refractivity contribution in [2.45, 2.75) is 6.92 Å². The second-order valence-electron chi connectivity index (χ2n) is 8.31. The number of hydrogen-bond donors (Lipinski definition) is 1. The lowest BCUT2D eigenvalue weighted by molar-refractivity contribution is 0.0746. The van der Waals surface area contributed by atoms with Gasteiger partial charge in [-0.25, -0.2) is 0 Å². The van der Waals surface area contributed by atoms with Crippen LogP contribution in [-0.2, 0) is 0 Å². The maximum atomic E-state index is 12.9. The summed E-state index contributed by atoms with van der Waals surface area (Å²) in [6, 6.07) is 18.6. The summed E-state index contributed by atoms with van der Waals surface area (Å²) in [4.78, 5) is 29.8. The van der Waals surface area contributed by atoms with Crippen LogP contribution in [0, 0.1) is 6.92 Å². The molecule has 0 bridgehead atoms. The van der Waals surface area contributed by atoms with Crippen LogP contribution in [-0.4, -0.2) is 57.1 Å². The molecule has 1 saturated heterocycles. The van der Waals surface area contributed by atoms with Gasteiger partial charge in [0.05, 0.1) is 19.8 Å². The highest BCUT2D eigenvalue weighted by atomic mass is 79.9. The van der Waals surface area contributed by atoms with Crippen molar-refractivity contribution in [1.82, 2.24) is 4.90 Å². The molecule has 3 aromatic rings. The molecule has 1 fully saturated rings. The molecular weight excluding hydrogens is 510 g/mol. The van der Waals surface area contributed by atoms with Gasteiger partial charge >= 0.3 is 0 Å². The minimum atomic E-state index is -0.232. The topological polar surface area (TPSA) is 71.1 Å². The van der Waals surface area contributed by atoms with Crippen molar-refractivity contribution in [3.8, 4) is 11.5 Å².